The number of hydrogen-bond acceptors (Lipinski definition) is 3. The van der Waals surface area contributed by atoms with Crippen LogP contribution in [0.2, 0.25) is 0 Å². The minimum Gasteiger partial charge on any atom is -0.353 e. The smallest absolute Gasteiger partial charge is 0.158 e. The summed E-state index contributed by atoms with van der Waals surface area (Å²) in [5.74, 6) is 2.98. The normalized spacial score (nSPS) is 15.1. The van der Waals surface area contributed by atoms with Crippen LogP contribution >= 0.6 is 0 Å². The predicted octanol–water partition coefficient (Wildman–Crippen LogP) is 7.35. The lowest BCUT2D eigenvalue weighted by Crippen LogP contribution is -2.20. The van der Waals surface area contributed by atoms with Gasteiger partial charge in [-0.15, -0.1) is 0 Å². The van der Waals surface area contributed by atoms with Crippen molar-refractivity contribution in [2.24, 2.45) is 23.7 Å². The van der Waals surface area contributed by atoms with Crippen molar-refractivity contribution < 1.29 is 9.47 Å². The molecular formula is C24H47NO2. The first-order valence-corrected chi connectivity index (χ1v) is 11.4. The van der Waals surface area contributed by atoms with Gasteiger partial charge in [-0.1, -0.05) is 80.1 Å². The average molecular weight is 382 g/mol. The van der Waals surface area contributed by atoms with Crippen molar-refractivity contribution >= 4 is 0 Å². The Bertz CT molecular complexity index is 336. The first-order valence-electron chi connectivity index (χ1n) is 11.4. The van der Waals surface area contributed by atoms with Gasteiger partial charge in [-0.3, -0.25) is 0 Å². The molecule has 0 radical (unpaired) electrons. The fraction of sp³-hybridized carbons (Fsp3) is 0.958. The molecule has 160 valence electrons. The molecule has 2 atom stereocenters. The van der Waals surface area contributed by atoms with E-state index in [1.54, 1.807) is 0 Å². The van der Waals surface area contributed by atoms with E-state index in [1.807, 2.05) is 0 Å². The molecule has 0 aliphatic rings. The Balaban J connectivity index is 3.94. The Labute approximate surface area is 170 Å². The van der Waals surface area contributed by atoms with E-state index in [2.05, 4.69) is 47.6 Å². The van der Waals surface area contributed by atoms with Gasteiger partial charge >= 0.3 is 0 Å². The van der Waals surface area contributed by atoms with Crippen molar-refractivity contribution in [3.8, 4) is 6.07 Å². The third-order valence-corrected chi connectivity index (χ3v) is 5.28. The van der Waals surface area contributed by atoms with Gasteiger partial charge in [-0.25, -0.2) is 0 Å². The topological polar surface area (TPSA) is 42.2 Å². The van der Waals surface area contributed by atoms with Crippen molar-refractivity contribution in [2.75, 3.05) is 13.2 Å². The maximum atomic E-state index is 8.87. The maximum absolute atomic E-state index is 8.87. The second-order valence-corrected chi connectivity index (χ2v) is 9.31. The summed E-state index contributed by atoms with van der Waals surface area (Å²) in [6, 6.07) is 2.21. The Morgan fingerprint density at radius 1 is 0.630 bits per heavy atom. The summed E-state index contributed by atoms with van der Waals surface area (Å²) < 4.78 is 11.9. The Morgan fingerprint density at radius 2 is 1.07 bits per heavy atom. The molecule has 0 fully saturated rings. The van der Waals surface area contributed by atoms with Crippen molar-refractivity contribution in [2.45, 2.75) is 112 Å². The number of rotatable bonds is 18. The Hall–Kier alpha value is -0.590. The van der Waals surface area contributed by atoms with E-state index >= 15 is 0 Å². The fourth-order valence-electron chi connectivity index (χ4n) is 3.24. The molecule has 0 rings (SSSR count). The lowest BCUT2D eigenvalue weighted by Gasteiger charge is -2.20. The summed E-state index contributed by atoms with van der Waals surface area (Å²) in [6.07, 6.45) is 10.9. The molecule has 0 aromatic heterocycles. The van der Waals surface area contributed by atoms with Crippen molar-refractivity contribution in [1.82, 2.24) is 0 Å². The lowest BCUT2D eigenvalue weighted by atomic mass is 9.97. The third kappa shape index (κ3) is 18.5. The summed E-state index contributed by atoms with van der Waals surface area (Å²) in [5.41, 5.74) is 0. The highest BCUT2D eigenvalue weighted by atomic mass is 16.7. The summed E-state index contributed by atoms with van der Waals surface area (Å²) in [7, 11) is 0. The van der Waals surface area contributed by atoms with E-state index in [9.17, 15) is 0 Å². The van der Waals surface area contributed by atoms with Gasteiger partial charge in [0.1, 0.15) is 0 Å². The van der Waals surface area contributed by atoms with E-state index in [0.29, 0.717) is 24.7 Å². The zero-order chi connectivity index (χ0) is 20.5. The van der Waals surface area contributed by atoms with E-state index in [-0.39, 0.29) is 6.29 Å². The van der Waals surface area contributed by atoms with Crippen LogP contribution in [0, 0.1) is 35.0 Å². The van der Waals surface area contributed by atoms with Gasteiger partial charge in [-0.05, 0) is 36.5 Å². The first-order chi connectivity index (χ1) is 12.8. The van der Waals surface area contributed by atoms with Crippen molar-refractivity contribution in [3.05, 3.63) is 0 Å². The third-order valence-electron chi connectivity index (χ3n) is 5.28. The van der Waals surface area contributed by atoms with Crippen LogP contribution in [0.15, 0.2) is 0 Å². The van der Waals surface area contributed by atoms with E-state index in [4.69, 9.17) is 14.7 Å². The van der Waals surface area contributed by atoms with Crippen molar-refractivity contribution in [3.63, 3.8) is 0 Å². The van der Waals surface area contributed by atoms with Gasteiger partial charge in [0.15, 0.2) is 6.29 Å². The van der Waals surface area contributed by atoms with E-state index in [1.165, 1.54) is 38.5 Å². The molecule has 0 saturated heterocycles. The standard InChI is InChI=1S/C24H47NO2/c1-20(2)10-7-12-22(5)15-18-26-24(14-9-17-25)27-19-16-23(6)13-8-11-21(3)4/h20-24H,7-16,18-19H2,1-6H3. The van der Waals surface area contributed by atoms with Crippen LogP contribution in [0.5, 0.6) is 0 Å². The molecule has 0 N–H and O–H groups in total. The molecule has 0 aromatic rings. The van der Waals surface area contributed by atoms with Crippen LogP contribution in [-0.4, -0.2) is 19.5 Å². The predicted molar refractivity (Wildman–Crippen MR) is 115 cm³/mol. The second-order valence-electron chi connectivity index (χ2n) is 9.31. The lowest BCUT2D eigenvalue weighted by molar-refractivity contribution is -0.149. The van der Waals surface area contributed by atoms with Gasteiger partial charge in [0.25, 0.3) is 0 Å². The molecule has 0 bridgehead atoms. The molecule has 2 unspecified atom stereocenters. The SMILES string of the molecule is CC(C)CCCC(C)CCOC(CCC#N)OCCC(C)CCCC(C)C. The highest BCUT2D eigenvalue weighted by Gasteiger charge is 2.12. The maximum Gasteiger partial charge on any atom is 0.158 e. The van der Waals surface area contributed by atoms with Crippen LogP contribution in [-0.2, 0) is 9.47 Å². The zero-order valence-corrected chi connectivity index (χ0v) is 19.1. The molecule has 0 aliphatic carbocycles. The fourth-order valence-corrected chi connectivity index (χ4v) is 3.24. The van der Waals surface area contributed by atoms with Crippen LogP contribution in [0.4, 0.5) is 0 Å². The number of hydrogen-bond donors (Lipinski definition) is 0. The Kier molecular flexibility index (Phi) is 17.1. The highest BCUT2D eigenvalue weighted by Crippen LogP contribution is 2.18. The van der Waals surface area contributed by atoms with Gasteiger partial charge in [-0.2, -0.15) is 5.26 Å². The first kappa shape index (κ1) is 26.4. The monoisotopic (exact) mass is 381 g/mol. The molecule has 27 heavy (non-hydrogen) atoms. The highest BCUT2D eigenvalue weighted by molar-refractivity contribution is 4.69. The quantitative estimate of drug-likeness (QED) is 0.233. The van der Waals surface area contributed by atoms with Gasteiger partial charge < -0.3 is 9.47 Å². The summed E-state index contributed by atoms with van der Waals surface area (Å²) in [4.78, 5) is 0. The molecule has 0 aliphatic heterocycles. The second kappa shape index (κ2) is 17.5. The molecule has 3 nitrogen and oxygen atoms in total. The van der Waals surface area contributed by atoms with Crippen LogP contribution in [0.25, 0.3) is 0 Å². The van der Waals surface area contributed by atoms with E-state index < -0.39 is 0 Å². The Morgan fingerprint density at radius 3 is 1.44 bits per heavy atom. The zero-order valence-electron chi connectivity index (χ0n) is 19.1. The number of ether oxygens (including phenoxy) is 2. The summed E-state index contributed by atoms with van der Waals surface area (Å²) in [5, 5.41) is 8.87. The minimum atomic E-state index is -0.213. The molecule has 0 heterocycles. The van der Waals surface area contributed by atoms with E-state index in [0.717, 1.165) is 37.9 Å². The van der Waals surface area contributed by atoms with Gasteiger partial charge in [0.2, 0.25) is 0 Å². The molecule has 0 spiro atoms. The largest absolute Gasteiger partial charge is 0.353 e. The molecule has 0 aromatic carbocycles. The van der Waals surface area contributed by atoms with Crippen molar-refractivity contribution in [1.29, 1.82) is 5.26 Å². The minimum absolute atomic E-state index is 0.213. The van der Waals surface area contributed by atoms with Gasteiger partial charge in [0.05, 0.1) is 6.07 Å². The number of nitrogens with zero attached hydrogens (tertiary/aromatic N) is 1. The van der Waals surface area contributed by atoms with Crippen LogP contribution in [0.1, 0.15) is 106 Å². The molecule has 0 saturated carbocycles. The number of nitriles is 1. The molecule has 3 heteroatoms. The summed E-state index contributed by atoms with van der Waals surface area (Å²) >= 11 is 0. The molecule has 0 amide bonds. The van der Waals surface area contributed by atoms with Gasteiger partial charge in [0, 0.05) is 26.1 Å². The van der Waals surface area contributed by atoms with Crippen LogP contribution in [0.3, 0.4) is 0 Å². The average Bonchev–Trinajstić information content (AvgIpc) is 2.58. The van der Waals surface area contributed by atoms with Crippen LogP contribution < -0.4 is 0 Å². The molecular weight excluding hydrogens is 334 g/mol. The summed E-state index contributed by atoms with van der Waals surface area (Å²) in [6.45, 7) is 15.3.